The molecular weight excluding hydrogens is 276 g/mol. The normalized spacial score (nSPS) is 12.3. The summed E-state index contributed by atoms with van der Waals surface area (Å²) in [6, 6.07) is 0.232. The Labute approximate surface area is 123 Å². The molecule has 1 rings (SSSR count). The first kappa shape index (κ1) is 16.6. The predicted octanol–water partition coefficient (Wildman–Crippen LogP) is 3.37. The van der Waals surface area contributed by atoms with E-state index in [0.29, 0.717) is 15.9 Å². The van der Waals surface area contributed by atoms with Crippen LogP contribution in [0.15, 0.2) is 0 Å². The molecule has 1 atom stereocenters. The van der Waals surface area contributed by atoms with Crippen LogP contribution in [0.25, 0.3) is 0 Å². The van der Waals surface area contributed by atoms with E-state index in [4.69, 9.17) is 4.74 Å². The van der Waals surface area contributed by atoms with Gasteiger partial charge in [-0.15, -0.1) is 0 Å². The molecule has 0 saturated heterocycles. The molecule has 20 heavy (non-hydrogen) atoms. The topological polar surface area (TPSA) is 68.3 Å². The molecule has 0 radical (unpaired) electrons. The zero-order chi connectivity index (χ0) is 15.3. The van der Waals surface area contributed by atoms with Crippen LogP contribution in [0.2, 0.25) is 0 Å². The van der Waals surface area contributed by atoms with Crippen molar-refractivity contribution in [1.29, 1.82) is 0 Å². The molecule has 0 bridgehead atoms. The van der Waals surface area contributed by atoms with Crippen molar-refractivity contribution >= 4 is 28.2 Å². The number of carbonyl (C=O) groups excluding carboxylic acids is 2. The SMILES string of the molecule is CCOC(=O)c1nc(NC(C)CC(C)C)sc1C(C)=O. The van der Waals surface area contributed by atoms with E-state index in [0.717, 1.165) is 6.42 Å². The first-order valence-electron chi connectivity index (χ1n) is 6.80. The number of esters is 1. The predicted molar refractivity (Wildman–Crippen MR) is 80.6 cm³/mol. The van der Waals surface area contributed by atoms with Crippen molar-refractivity contribution in [3.8, 4) is 0 Å². The second-order valence-corrected chi connectivity index (χ2v) is 6.15. The number of ether oxygens (including phenoxy) is 1. The van der Waals surface area contributed by atoms with Gasteiger partial charge in [0.1, 0.15) is 4.88 Å². The first-order chi connectivity index (χ1) is 9.35. The van der Waals surface area contributed by atoms with E-state index in [9.17, 15) is 9.59 Å². The van der Waals surface area contributed by atoms with E-state index in [-0.39, 0.29) is 24.1 Å². The number of carbonyl (C=O) groups is 2. The molecule has 0 aliphatic rings. The summed E-state index contributed by atoms with van der Waals surface area (Å²) in [6.07, 6.45) is 0.990. The highest BCUT2D eigenvalue weighted by Gasteiger charge is 2.22. The van der Waals surface area contributed by atoms with Gasteiger partial charge in [-0.1, -0.05) is 25.2 Å². The average Bonchev–Trinajstić information content (AvgIpc) is 2.72. The summed E-state index contributed by atoms with van der Waals surface area (Å²) in [5.74, 6) is -0.150. The average molecular weight is 298 g/mol. The highest BCUT2D eigenvalue weighted by Crippen LogP contribution is 2.25. The number of Topliss-reactive ketones (excluding diaryl/α,β-unsaturated/α-hetero) is 1. The number of anilines is 1. The second kappa shape index (κ2) is 7.38. The Morgan fingerprint density at radius 1 is 1.35 bits per heavy atom. The van der Waals surface area contributed by atoms with Crippen molar-refractivity contribution in [2.45, 2.75) is 47.1 Å². The largest absolute Gasteiger partial charge is 0.461 e. The first-order valence-corrected chi connectivity index (χ1v) is 7.62. The number of aromatic nitrogens is 1. The van der Waals surface area contributed by atoms with Gasteiger partial charge in [0, 0.05) is 13.0 Å². The molecule has 1 aromatic heterocycles. The number of ketones is 1. The van der Waals surface area contributed by atoms with Crippen LogP contribution in [0.5, 0.6) is 0 Å². The Morgan fingerprint density at radius 3 is 2.50 bits per heavy atom. The van der Waals surface area contributed by atoms with Crippen molar-refractivity contribution in [3.05, 3.63) is 10.6 Å². The number of hydrogen-bond donors (Lipinski definition) is 1. The minimum atomic E-state index is -0.543. The standard InChI is InChI=1S/C14H22N2O3S/c1-6-19-13(18)11-12(10(5)17)20-14(16-11)15-9(4)7-8(2)3/h8-9H,6-7H2,1-5H3,(H,15,16). The molecule has 0 spiro atoms. The lowest BCUT2D eigenvalue weighted by atomic mass is 10.1. The van der Waals surface area contributed by atoms with E-state index in [2.05, 4.69) is 31.1 Å². The van der Waals surface area contributed by atoms with E-state index in [1.54, 1.807) is 6.92 Å². The summed E-state index contributed by atoms with van der Waals surface area (Å²) < 4.78 is 4.93. The van der Waals surface area contributed by atoms with Gasteiger partial charge in [-0.2, -0.15) is 0 Å². The van der Waals surface area contributed by atoms with E-state index in [1.165, 1.54) is 18.3 Å². The minimum Gasteiger partial charge on any atom is -0.461 e. The molecule has 0 aromatic carbocycles. The molecule has 0 saturated carbocycles. The number of nitrogens with one attached hydrogen (secondary N) is 1. The van der Waals surface area contributed by atoms with Gasteiger partial charge >= 0.3 is 5.97 Å². The molecular formula is C14H22N2O3S. The fourth-order valence-electron chi connectivity index (χ4n) is 1.94. The van der Waals surface area contributed by atoms with Crippen molar-refractivity contribution in [2.75, 3.05) is 11.9 Å². The summed E-state index contributed by atoms with van der Waals surface area (Å²) in [5, 5.41) is 3.82. The van der Waals surface area contributed by atoms with Crippen LogP contribution in [-0.4, -0.2) is 29.4 Å². The third kappa shape index (κ3) is 4.59. The third-order valence-electron chi connectivity index (χ3n) is 2.61. The molecule has 0 amide bonds. The molecule has 0 fully saturated rings. The molecule has 1 N–H and O–H groups in total. The molecule has 0 aliphatic carbocycles. The monoisotopic (exact) mass is 298 g/mol. The van der Waals surface area contributed by atoms with Crippen molar-refractivity contribution in [1.82, 2.24) is 4.98 Å². The van der Waals surface area contributed by atoms with Crippen LogP contribution in [0.3, 0.4) is 0 Å². The number of nitrogens with zero attached hydrogens (tertiary/aromatic N) is 1. The highest BCUT2D eigenvalue weighted by molar-refractivity contribution is 7.17. The van der Waals surface area contributed by atoms with Gasteiger partial charge < -0.3 is 10.1 Å². The van der Waals surface area contributed by atoms with Crippen molar-refractivity contribution < 1.29 is 14.3 Å². The van der Waals surface area contributed by atoms with Gasteiger partial charge in [0.25, 0.3) is 0 Å². The van der Waals surface area contributed by atoms with Crippen LogP contribution in [0.1, 0.15) is 61.2 Å². The van der Waals surface area contributed by atoms with Crippen LogP contribution >= 0.6 is 11.3 Å². The third-order valence-corrected chi connectivity index (χ3v) is 3.70. The van der Waals surface area contributed by atoms with Gasteiger partial charge in [0.15, 0.2) is 16.6 Å². The van der Waals surface area contributed by atoms with Gasteiger partial charge in [0.05, 0.1) is 6.61 Å². The Bertz CT molecular complexity index is 483. The second-order valence-electron chi connectivity index (χ2n) is 5.15. The van der Waals surface area contributed by atoms with Gasteiger partial charge in [0.2, 0.25) is 0 Å². The fraction of sp³-hybridized carbons (Fsp3) is 0.643. The summed E-state index contributed by atoms with van der Waals surface area (Å²) in [6.45, 7) is 9.76. The summed E-state index contributed by atoms with van der Waals surface area (Å²) in [7, 11) is 0. The molecule has 1 heterocycles. The number of rotatable bonds is 7. The molecule has 1 aromatic rings. The fourth-order valence-corrected chi connectivity index (χ4v) is 2.89. The van der Waals surface area contributed by atoms with Crippen LogP contribution in [0, 0.1) is 5.92 Å². The Morgan fingerprint density at radius 2 is 2.00 bits per heavy atom. The number of thiazole rings is 1. The Kier molecular flexibility index (Phi) is 6.13. The highest BCUT2D eigenvalue weighted by atomic mass is 32.1. The Balaban J connectivity index is 2.91. The lowest BCUT2D eigenvalue weighted by molar-refractivity contribution is 0.0517. The maximum Gasteiger partial charge on any atom is 0.358 e. The van der Waals surface area contributed by atoms with Crippen LogP contribution in [-0.2, 0) is 4.74 Å². The Hall–Kier alpha value is -1.43. The van der Waals surface area contributed by atoms with Gasteiger partial charge in [-0.05, 0) is 26.2 Å². The minimum absolute atomic E-state index is 0.114. The van der Waals surface area contributed by atoms with Crippen molar-refractivity contribution in [2.24, 2.45) is 5.92 Å². The lowest BCUT2D eigenvalue weighted by Crippen LogP contribution is -2.17. The zero-order valence-electron chi connectivity index (χ0n) is 12.6. The molecule has 6 heteroatoms. The molecule has 0 aliphatic heterocycles. The van der Waals surface area contributed by atoms with E-state index >= 15 is 0 Å². The summed E-state index contributed by atoms with van der Waals surface area (Å²) in [4.78, 5) is 27.9. The smallest absolute Gasteiger partial charge is 0.358 e. The van der Waals surface area contributed by atoms with Gasteiger partial charge in [-0.25, -0.2) is 9.78 Å². The molecule has 112 valence electrons. The summed E-state index contributed by atoms with van der Waals surface area (Å²) >= 11 is 1.20. The van der Waals surface area contributed by atoms with Gasteiger partial charge in [-0.3, -0.25) is 4.79 Å². The molecule has 1 unspecified atom stereocenters. The van der Waals surface area contributed by atoms with E-state index < -0.39 is 5.97 Å². The van der Waals surface area contributed by atoms with Crippen LogP contribution < -0.4 is 5.32 Å². The molecule has 5 nitrogen and oxygen atoms in total. The van der Waals surface area contributed by atoms with E-state index in [1.807, 2.05) is 0 Å². The van der Waals surface area contributed by atoms with Crippen LogP contribution in [0.4, 0.5) is 5.13 Å². The van der Waals surface area contributed by atoms with Crippen molar-refractivity contribution in [3.63, 3.8) is 0 Å². The maximum absolute atomic E-state index is 11.8. The zero-order valence-corrected chi connectivity index (χ0v) is 13.5. The lowest BCUT2D eigenvalue weighted by Gasteiger charge is -2.14. The quantitative estimate of drug-likeness (QED) is 0.617. The summed E-state index contributed by atoms with van der Waals surface area (Å²) in [5.41, 5.74) is 0.114. The maximum atomic E-state index is 11.8. The number of hydrogen-bond acceptors (Lipinski definition) is 6.